The summed E-state index contributed by atoms with van der Waals surface area (Å²) in [6.45, 7) is 0. The zero-order valence-electron chi connectivity index (χ0n) is 12.3. The maximum atomic E-state index is 9.74. The lowest BCUT2D eigenvalue weighted by Gasteiger charge is -2.07. The van der Waals surface area contributed by atoms with E-state index in [9.17, 15) is 5.11 Å². The molecule has 0 bridgehead atoms. The minimum absolute atomic E-state index is 0.118. The standard InChI is InChI=1S/C17H18O4/c1-19-15-8-6-12(10-14(15)18)4-5-13-7-9-16(20-2)17(11-13)21-3/h4-11,18H,1-3H3/b5-4-. The monoisotopic (exact) mass is 286 g/mol. The Kier molecular flexibility index (Phi) is 4.72. The molecule has 2 aromatic rings. The van der Waals surface area contributed by atoms with Crippen molar-refractivity contribution in [2.75, 3.05) is 21.3 Å². The third kappa shape index (κ3) is 3.48. The molecule has 2 aromatic carbocycles. The minimum atomic E-state index is 0.118. The zero-order chi connectivity index (χ0) is 15.2. The van der Waals surface area contributed by atoms with Crippen LogP contribution in [0.15, 0.2) is 36.4 Å². The fraction of sp³-hybridized carbons (Fsp3) is 0.176. The molecule has 0 amide bonds. The van der Waals surface area contributed by atoms with Gasteiger partial charge in [0.25, 0.3) is 0 Å². The Balaban J connectivity index is 2.23. The lowest BCUT2D eigenvalue weighted by Crippen LogP contribution is -1.90. The first kappa shape index (κ1) is 14.8. The Hall–Kier alpha value is -2.62. The molecule has 4 nitrogen and oxygen atoms in total. The van der Waals surface area contributed by atoms with E-state index in [1.807, 2.05) is 36.4 Å². The van der Waals surface area contributed by atoms with Gasteiger partial charge >= 0.3 is 0 Å². The van der Waals surface area contributed by atoms with Gasteiger partial charge in [0.2, 0.25) is 0 Å². The van der Waals surface area contributed by atoms with Crippen LogP contribution in [0.2, 0.25) is 0 Å². The van der Waals surface area contributed by atoms with Crippen molar-refractivity contribution in [3.05, 3.63) is 47.5 Å². The van der Waals surface area contributed by atoms with E-state index in [0.717, 1.165) is 11.1 Å². The van der Waals surface area contributed by atoms with Gasteiger partial charge in [-0.25, -0.2) is 0 Å². The summed E-state index contributed by atoms with van der Waals surface area (Å²) in [6, 6.07) is 10.9. The lowest BCUT2D eigenvalue weighted by molar-refractivity contribution is 0.355. The highest BCUT2D eigenvalue weighted by atomic mass is 16.5. The summed E-state index contributed by atoms with van der Waals surface area (Å²) >= 11 is 0. The summed E-state index contributed by atoms with van der Waals surface area (Å²) in [4.78, 5) is 0. The molecule has 4 heteroatoms. The molecule has 0 heterocycles. The quantitative estimate of drug-likeness (QED) is 0.853. The molecule has 0 aliphatic heterocycles. The van der Waals surface area contributed by atoms with Gasteiger partial charge in [0, 0.05) is 0 Å². The van der Waals surface area contributed by atoms with Gasteiger partial charge in [0.1, 0.15) is 0 Å². The average Bonchev–Trinajstić information content (AvgIpc) is 2.52. The van der Waals surface area contributed by atoms with E-state index < -0.39 is 0 Å². The highest BCUT2D eigenvalue weighted by Crippen LogP contribution is 2.29. The number of benzene rings is 2. The van der Waals surface area contributed by atoms with Crippen molar-refractivity contribution >= 4 is 12.2 Å². The second-order valence-corrected chi connectivity index (χ2v) is 4.38. The third-order valence-electron chi connectivity index (χ3n) is 3.08. The Morgan fingerprint density at radius 2 is 1.24 bits per heavy atom. The number of aromatic hydroxyl groups is 1. The van der Waals surface area contributed by atoms with Gasteiger partial charge in [0.05, 0.1) is 21.3 Å². The van der Waals surface area contributed by atoms with Crippen LogP contribution in [0.5, 0.6) is 23.0 Å². The first-order valence-electron chi connectivity index (χ1n) is 6.45. The second kappa shape index (κ2) is 6.70. The predicted molar refractivity (Wildman–Crippen MR) is 83.1 cm³/mol. The molecule has 0 spiro atoms. The highest BCUT2D eigenvalue weighted by molar-refractivity contribution is 5.72. The Morgan fingerprint density at radius 1 is 0.714 bits per heavy atom. The van der Waals surface area contributed by atoms with Gasteiger partial charge in [-0.3, -0.25) is 0 Å². The second-order valence-electron chi connectivity index (χ2n) is 4.38. The summed E-state index contributed by atoms with van der Waals surface area (Å²) in [7, 11) is 4.73. The molecule has 1 N–H and O–H groups in total. The molecule has 110 valence electrons. The van der Waals surface area contributed by atoms with Crippen molar-refractivity contribution < 1.29 is 19.3 Å². The highest BCUT2D eigenvalue weighted by Gasteiger charge is 2.03. The summed E-state index contributed by atoms with van der Waals surface area (Å²) in [6.07, 6.45) is 3.84. The van der Waals surface area contributed by atoms with E-state index >= 15 is 0 Å². The van der Waals surface area contributed by atoms with Crippen molar-refractivity contribution in [2.24, 2.45) is 0 Å². The van der Waals surface area contributed by atoms with E-state index in [0.29, 0.717) is 17.2 Å². The molecule has 0 saturated heterocycles. The first-order chi connectivity index (χ1) is 10.2. The summed E-state index contributed by atoms with van der Waals surface area (Å²) in [5.41, 5.74) is 1.85. The van der Waals surface area contributed by atoms with Gasteiger partial charge in [-0.2, -0.15) is 0 Å². The molecule has 0 saturated carbocycles. The van der Waals surface area contributed by atoms with Crippen LogP contribution in [-0.2, 0) is 0 Å². The molecule has 21 heavy (non-hydrogen) atoms. The Bertz CT molecular complexity index is 647. The van der Waals surface area contributed by atoms with Crippen LogP contribution < -0.4 is 14.2 Å². The first-order valence-corrected chi connectivity index (χ1v) is 6.45. The Morgan fingerprint density at radius 3 is 1.76 bits per heavy atom. The molecule has 0 radical (unpaired) electrons. The minimum Gasteiger partial charge on any atom is -0.504 e. The molecule has 0 aliphatic rings. The molecular formula is C17H18O4. The van der Waals surface area contributed by atoms with E-state index in [-0.39, 0.29) is 5.75 Å². The molecule has 0 unspecified atom stereocenters. The van der Waals surface area contributed by atoms with Crippen LogP contribution in [0.1, 0.15) is 11.1 Å². The van der Waals surface area contributed by atoms with Gasteiger partial charge in [-0.15, -0.1) is 0 Å². The van der Waals surface area contributed by atoms with E-state index in [2.05, 4.69) is 0 Å². The van der Waals surface area contributed by atoms with Gasteiger partial charge < -0.3 is 19.3 Å². The number of phenolic OH excluding ortho intramolecular Hbond substituents is 1. The van der Waals surface area contributed by atoms with Crippen LogP contribution in [-0.4, -0.2) is 26.4 Å². The summed E-state index contributed by atoms with van der Waals surface area (Å²) < 4.78 is 15.5. The molecule has 0 aliphatic carbocycles. The largest absolute Gasteiger partial charge is 0.504 e. The van der Waals surface area contributed by atoms with Crippen LogP contribution >= 0.6 is 0 Å². The fourth-order valence-electron chi connectivity index (χ4n) is 1.96. The molecule has 2 rings (SSSR count). The van der Waals surface area contributed by atoms with Crippen LogP contribution in [0.3, 0.4) is 0 Å². The van der Waals surface area contributed by atoms with E-state index in [1.54, 1.807) is 26.4 Å². The predicted octanol–water partition coefficient (Wildman–Crippen LogP) is 3.59. The lowest BCUT2D eigenvalue weighted by atomic mass is 10.1. The number of hydrogen-bond acceptors (Lipinski definition) is 4. The number of methoxy groups -OCH3 is 3. The average molecular weight is 286 g/mol. The van der Waals surface area contributed by atoms with Crippen LogP contribution in [0, 0.1) is 0 Å². The zero-order valence-corrected chi connectivity index (χ0v) is 12.3. The maximum absolute atomic E-state index is 9.74. The van der Waals surface area contributed by atoms with Crippen molar-refractivity contribution in [3.63, 3.8) is 0 Å². The molecule has 0 aromatic heterocycles. The summed E-state index contributed by atoms with van der Waals surface area (Å²) in [5.74, 6) is 1.94. The van der Waals surface area contributed by atoms with Gasteiger partial charge in [-0.05, 0) is 35.4 Å². The van der Waals surface area contributed by atoms with Crippen molar-refractivity contribution in [1.82, 2.24) is 0 Å². The molecular weight excluding hydrogens is 268 g/mol. The maximum Gasteiger partial charge on any atom is 0.161 e. The number of phenols is 1. The van der Waals surface area contributed by atoms with Crippen molar-refractivity contribution in [2.45, 2.75) is 0 Å². The van der Waals surface area contributed by atoms with Crippen LogP contribution in [0.4, 0.5) is 0 Å². The van der Waals surface area contributed by atoms with Crippen LogP contribution in [0.25, 0.3) is 12.2 Å². The smallest absolute Gasteiger partial charge is 0.161 e. The topological polar surface area (TPSA) is 47.9 Å². The SMILES string of the molecule is COc1ccc(/C=C\c2ccc(OC)c(OC)c2)cc1O. The fourth-order valence-corrected chi connectivity index (χ4v) is 1.96. The number of rotatable bonds is 5. The number of hydrogen-bond donors (Lipinski definition) is 1. The normalized spacial score (nSPS) is 10.6. The van der Waals surface area contributed by atoms with E-state index in [1.165, 1.54) is 7.11 Å². The van der Waals surface area contributed by atoms with Gasteiger partial charge in [-0.1, -0.05) is 24.3 Å². The van der Waals surface area contributed by atoms with E-state index in [4.69, 9.17) is 14.2 Å². The summed E-state index contributed by atoms with van der Waals surface area (Å²) in [5, 5.41) is 9.74. The van der Waals surface area contributed by atoms with Gasteiger partial charge in [0.15, 0.2) is 23.0 Å². The van der Waals surface area contributed by atoms with Crippen molar-refractivity contribution in [3.8, 4) is 23.0 Å². The molecule has 0 fully saturated rings. The Labute approximate surface area is 124 Å². The van der Waals surface area contributed by atoms with Crippen molar-refractivity contribution in [1.29, 1.82) is 0 Å². The molecule has 0 atom stereocenters. The number of ether oxygens (including phenoxy) is 3. The third-order valence-corrected chi connectivity index (χ3v) is 3.08.